The number of esters is 1. The van der Waals surface area contributed by atoms with Crippen LogP contribution in [-0.2, 0) is 14.3 Å². The van der Waals surface area contributed by atoms with Gasteiger partial charge in [-0.1, -0.05) is 19.9 Å². The minimum Gasteiger partial charge on any atom is -0.463 e. The van der Waals surface area contributed by atoms with Crippen LogP contribution in [0.4, 0.5) is 0 Å². The van der Waals surface area contributed by atoms with Gasteiger partial charge < -0.3 is 9.47 Å². The molecule has 0 aromatic carbocycles. The monoisotopic (exact) mass is 200 g/mol. The first-order chi connectivity index (χ1) is 6.57. The van der Waals surface area contributed by atoms with Crippen molar-refractivity contribution in [2.75, 3.05) is 13.2 Å². The van der Waals surface area contributed by atoms with Crippen LogP contribution in [0.3, 0.4) is 0 Å². The molecule has 0 aliphatic rings. The van der Waals surface area contributed by atoms with Crippen LogP contribution in [-0.4, -0.2) is 25.3 Å². The highest BCUT2D eigenvalue weighted by molar-refractivity contribution is 5.81. The lowest BCUT2D eigenvalue weighted by molar-refractivity contribution is -0.137. The van der Waals surface area contributed by atoms with E-state index in [0.717, 1.165) is 0 Å². The largest absolute Gasteiger partial charge is 0.463 e. The summed E-state index contributed by atoms with van der Waals surface area (Å²) >= 11 is 0. The summed E-state index contributed by atoms with van der Waals surface area (Å²) < 4.78 is 10.2. The molecule has 14 heavy (non-hydrogen) atoms. The first kappa shape index (κ1) is 13.2. The van der Waals surface area contributed by atoms with Gasteiger partial charge in [0.25, 0.3) is 0 Å². The van der Waals surface area contributed by atoms with Gasteiger partial charge in [-0.3, -0.25) is 0 Å². The lowest BCUT2D eigenvalue weighted by Gasteiger charge is -2.14. The molecule has 0 amide bonds. The number of hydrogen-bond donors (Lipinski definition) is 0. The van der Waals surface area contributed by atoms with E-state index >= 15 is 0 Å². The van der Waals surface area contributed by atoms with Crippen molar-refractivity contribution in [2.24, 2.45) is 5.92 Å². The Morgan fingerprint density at radius 1 is 1.36 bits per heavy atom. The summed E-state index contributed by atoms with van der Waals surface area (Å²) in [6, 6.07) is 0. The highest BCUT2D eigenvalue weighted by Gasteiger charge is 2.05. The molecule has 0 bridgehead atoms. The molecule has 0 aliphatic heterocycles. The third-order valence-electron chi connectivity index (χ3n) is 1.93. The van der Waals surface area contributed by atoms with Crippen molar-refractivity contribution in [3.63, 3.8) is 0 Å². The average molecular weight is 200 g/mol. The zero-order valence-electron chi connectivity index (χ0n) is 9.45. The highest BCUT2D eigenvalue weighted by atomic mass is 16.5. The maximum Gasteiger partial charge on any atom is 0.330 e. The van der Waals surface area contributed by atoms with Crippen LogP contribution >= 0.6 is 0 Å². The summed E-state index contributed by atoms with van der Waals surface area (Å²) in [5.41, 5.74) is 0. The molecular weight excluding hydrogens is 180 g/mol. The number of ether oxygens (including phenoxy) is 2. The molecule has 3 heteroatoms. The van der Waals surface area contributed by atoms with Crippen molar-refractivity contribution in [3.05, 3.63) is 12.2 Å². The van der Waals surface area contributed by atoms with E-state index in [-0.39, 0.29) is 12.1 Å². The van der Waals surface area contributed by atoms with Crippen LogP contribution in [0.25, 0.3) is 0 Å². The predicted octanol–water partition coefficient (Wildman–Crippen LogP) is 2.17. The molecule has 0 spiro atoms. The summed E-state index contributed by atoms with van der Waals surface area (Å²) in [5.74, 6) is 0.180. The molecular formula is C11H20O3. The number of carbonyl (C=O) groups is 1. The van der Waals surface area contributed by atoms with E-state index in [9.17, 15) is 4.79 Å². The smallest absolute Gasteiger partial charge is 0.330 e. The minimum absolute atomic E-state index is 0.210. The van der Waals surface area contributed by atoms with Crippen molar-refractivity contribution in [1.29, 1.82) is 0 Å². The van der Waals surface area contributed by atoms with Crippen molar-refractivity contribution >= 4 is 5.97 Å². The maximum atomic E-state index is 10.9. The van der Waals surface area contributed by atoms with Gasteiger partial charge in [0, 0.05) is 6.08 Å². The van der Waals surface area contributed by atoms with E-state index in [4.69, 9.17) is 9.47 Å². The second-order valence-corrected chi connectivity index (χ2v) is 3.44. The highest BCUT2D eigenvalue weighted by Crippen LogP contribution is 2.04. The van der Waals surface area contributed by atoms with E-state index in [1.807, 2.05) is 6.92 Å². The number of hydrogen-bond acceptors (Lipinski definition) is 3. The van der Waals surface area contributed by atoms with Gasteiger partial charge in [-0.05, 0) is 19.8 Å². The lowest BCUT2D eigenvalue weighted by atomic mass is 10.1. The Morgan fingerprint density at radius 2 is 2.00 bits per heavy atom. The Balaban J connectivity index is 3.57. The van der Waals surface area contributed by atoms with Crippen molar-refractivity contribution in [1.82, 2.24) is 0 Å². The van der Waals surface area contributed by atoms with Gasteiger partial charge in [-0.2, -0.15) is 0 Å². The Hall–Kier alpha value is -0.830. The SMILES string of the molecule is CCOC(=O)/C=C/COC(C)C(C)C. The quantitative estimate of drug-likeness (QED) is 0.487. The van der Waals surface area contributed by atoms with Gasteiger partial charge in [-0.25, -0.2) is 4.79 Å². The van der Waals surface area contributed by atoms with Crippen LogP contribution in [0, 0.1) is 5.92 Å². The zero-order valence-corrected chi connectivity index (χ0v) is 9.45. The summed E-state index contributed by atoms with van der Waals surface area (Å²) in [7, 11) is 0. The maximum absolute atomic E-state index is 10.9. The van der Waals surface area contributed by atoms with E-state index in [1.54, 1.807) is 13.0 Å². The van der Waals surface area contributed by atoms with Gasteiger partial charge in [-0.15, -0.1) is 0 Å². The lowest BCUT2D eigenvalue weighted by Crippen LogP contribution is -2.15. The Kier molecular flexibility index (Phi) is 7.11. The number of carbonyl (C=O) groups excluding carboxylic acids is 1. The first-order valence-corrected chi connectivity index (χ1v) is 5.02. The fraction of sp³-hybridized carbons (Fsp3) is 0.727. The molecule has 0 aliphatic carbocycles. The van der Waals surface area contributed by atoms with E-state index in [2.05, 4.69) is 13.8 Å². The first-order valence-electron chi connectivity index (χ1n) is 5.02. The van der Waals surface area contributed by atoms with Crippen molar-refractivity contribution in [3.8, 4) is 0 Å². The topological polar surface area (TPSA) is 35.5 Å². The van der Waals surface area contributed by atoms with E-state index < -0.39 is 0 Å². The molecule has 0 radical (unpaired) electrons. The van der Waals surface area contributed by atoms with Crippen molar-refractivity contribution < 1.29 is 14.3 Å². The Bertz CT molecular complexity index is 185. The third-order valence-corrected chi connectivity index (χ3v) is 1.93. The molecule has 0 heterocycles. The third kappa shape index (κ3) is 6.66. The number of rotatable bonds is 6. The average Bonchev–Trinajstić information content (AvgIpc) is 2.12. The standard InChI is InChI=1S/C11H20O3/c1-5-13-11(12)7-6-8-14-10(4)9(2)3/h6-7,9-10H,5,8H2,1-4H3/b7-6+. The van der Waals surface area contributed by atoms with Gasteiger partial charge >= 0.3 is 5.97 Å². The second kappa shape index (κ2) is 7.56. The fourth-order valence-corrected chi connectivity index (χ4v) is 0.734. The van der Waals surface area contributed by atoms with Gasteiger partial charge in [0.05, 0.1) is 19.3 Å². The molecule has 82 valence electrons. The van der Waals surface area contributed by atoms with Gasteiger partial charge in [0.15, 0.2) is 0 Å². The summed E-state index contributed by atoms with van der Waals surface area (Å²) in [6.07, 6.45) is 3.29. The molecule has 3 nitrogen and oxygen atoms in total. The Labute approximate surface area is 86.1 Å². The molecule has 0 rings (SSSR count). The van der Waals surface area contributed by atoms with E-state index in [1.165, 1.54) is 6.08 Å². The summed E-state index contributed by atoms with van der Waals surface area (Å²) in [5, 5.41) is 0. The molecule has 0 saturated carbocycles. The second-order valence-electron chi connectivity index (χ2n) is 3.44. The minimum atomic E-state index is -0.312. The molecule has 0 aromatic heterocycles. The summed E-state index contributed by atoms with van der Waals surface area (Å²) in [6.45, 7) is 8.86. The van der Waals surface area contributed by atoms with Gasteiger partial charge in [0.1, 0.15) is 0 Å². The van der Waals surface area contributed by atoms with Gasteiger partial charge in [0.2, 0.25) is 0 Å². The molecule has 0 saturated heterocycles. The fourth-order valence-electron chi connectivity index (χ4n) is 0.734. The van der Waals surface area contributed by atoms with Crippen molar-refractivity contribution in [2.45, 2.75) is 33.8 Å². The molecule has 0 N–H and O–H groups in total. The van der Waals surface area contributed by atoms with Crippen LogP contribution in [0.5, 0.6) is 0 Å². The molecule has 0 fully saturated rings. The molecule has 1 unspecified atom stereocenters. The molecule has 0 aromatic rings. The van der Waals surface area contributed by atoms with Crippen LogP contribution in [0.2, 0.25) is 0 Å². The molecule has 1 atom stereocenters. The Morgan fingerprint density at radius 3 is 2.50 bits per heavy atom. The van der Waals surface area contributed by atoms with Crippen LogP contribution < -0.4 is 0 Å². The van der Waals surface area contributed by atoms with E-state index in [0.29, 0.717) is 19.1 Å². The van der Waals surface area contributed by atoms with Crippen LogP contribution in [0.1, 0.15) is 27.7 Å². The summed E-state index contributed by atoms with van der Waals surface area (Å²) in [4.78, 5) is 10.9. The van der Waals surface area contributed by atoms with Crippen LogP contribution in [0.15, 0.2) is 12.2 Å². The predicted molar refractivity (Wildman–Crippen MR) is 56.0 cm³/mol. The zero-order chi connectivity index (χ0) is 11.0. The normalized spacial score (nSPS) is 13.5.